The summed E-state index contributed by atoms with van der Waals surface area (Å²) in [5.74, 6) is -0.568. The van der Waals surface area contributed by atoms with Crippen LogP contribution in [-0.2, 0) is 26.2 Å². The fraction of sp³-hybridized carbons (Fsp3) is 0.417. The summed E-state index contributed by atoms with van der Waals surface area (Å²) in [4.78, 5) is 27.6. The maximum absolute atomic E-state index is 13.4. The number of anilines is 1. The average Bonchev–Trinajstić information content (AvgIpc) is 2.80. The Hall–Kier alpha value is -1.71. The van der Waals surface area contributed by atoms with E-state index in [-0.39, 0.29) is 48.5 Å². The summed E-state index contributed by atoms with van der Waals surface area (Å²) in [5, 5.41) is 4.05. The van der Waals surface area contributed by atoms with Crippen LogP contribution in [0.5, 0.6) is 0 Å². The first-order valence-electron chi connectivity index (χ1n) is 11.3. The zero-order valence-electron chi connectivity index (χ0n) is 20.2. The zero-order valence-corrected chi connectivity index (χ0v) is 24.1. The molecule has 0 fully saturated rings. The van der Waals surface area contributed by atoms with Crippen molar-refractivity contribution >= 4 is 73.9 Å². The van der Waals surface area contributed by atoms with Gasteiger partial charge in [-0.2, -0.15) is 0 Å². The number of rotatable bonds is 12. The van der Waals surface area contributed by atoms with Gasteiger partial charge in [0.25, 0.3) is 0 Å². The predicted octanol–water partition coefficient (Wildman–Crippen LogP) is 5.79. The summed E-state index contributed by atoms with van der Waals surface area (Å²) in [6, 6.07) is 8.86. The van der Waals surface area contributed by atoms with Gasteiger partial charge in [-0.3, -0.25) is 13.9 Å². The van der Waals surface area contributed by atoms with Gasteiger partial charge in [0.15, 0.2) is 0 Å². The van der Waals surface area contributed by atoms with E-state index in [1.807, 2.05) is 6.92 Å². The lowest BCUT2D eigenvalue weighted by Gasteiger charge is -2.31. The van der Waals surface area contributed by atoms with Gasteiger partial charge in [0.05, 0.1) is 27.0 Å². The van der Waals surface area contributed by atoms with E-state index >= 15 is 0 Å². The third kappa shape index (κ3) is 8.42. The summed E-state index contributed by atoms with van der Waals surface area (Å²) in [6.07, 6.45) is 1.65. The molecule has 0 saturated carbocycles. The average molecular weight is 597 g/mol. The van der Waals surface area contributed by atoms with Crippen molar-refractivity contribution in [3.63, 3.8) is 0 Å². The summed E-state index contributed by atoms with van der Waals surface area (Å²) in [6.45, 7) is 4.19. The van der Waals surface area contributed by atoms with E-state index in [4.69, 9.17) is 46.4 Å². The Balaban J connectivity index is 2.26. The third-order valence-electron chi connectivity index (χ3n) is 5.40. The van der Waals surface area contributed by atoms with Gasteiger partial charge >= 0.3 is 0 Å². The second-order valence-electron chi connectivity index (χ2n) is 8.12. The van der Waals surface area contributed by atoms with Crippen molar-refractivity contribution in [1.29, 1.82) is 0 Å². The Morgan fingerprint density at radius 1 is 0.972 bits per heavy atom. The van der Waals surface area contributed by atoms with Crippen molar-refractivity contribution in [2.45, 2.75) is 45.7 Å². The van der Waals surface area contributed by atoms with Gasteiger partial charge < -0.3 is 10.2 Å². The van der Waals surface area contributed by atoms with Gasteiger partial charge in [-0.15, -0.1) is 0 Å². The number of benzene rings is 2. The van der Waals surface area contributed by atoms with Crippen molar-refractivity contribution in [2.75, 3.05) is 23.7 Å². The maximum Gasteiger partial charge on any atom is 0.242 e. The van der Waals surface area contributed by atoms with Crippen molar-refractivity contribution < 1.29 is 18.0 Å². The van der Waals surface area contributed by atoms with Crippen molar-refractivity contribution in [3.05, 3.63) is 62.1 Å². The molecule has 1 atom stereocenters. The van der Waals surface area contributed by atoms with Gasteiger partial charge in [0.2, 0.25) is 21.8 Å². The van der Waals surface area contributed by atoms with Crippen LogP contribution >= 0.6 is 46.4 Å². The highest BCUT2D eigenvalue weighted by atomic mass is 35.5. The van der Waals surface area contributed by atoms with Crippen LogP contribution in [0.25, 0.3) is 0 Å². The molecule has 0 heterocycles. The first-order chi connectivity index (χ1) is 16.9. The SMILES string of the molecule is CCNC(=O)C(CC)N(Cc1ccc(Cl)c(Cl)c1)C(=O)CCCN(c1cc(Cl)ccc1Cl)S(C)(=O)=O. The summed E-state index contributed by atoms with van der Waals surface area (Å²) < 4.78 is 26.1. The molecule has 0 spiro atoms. The molecule has 0 radical (unpaired) electrons. The highest BCUT2D eigenvalue weighted by Gasteiger charge is 2.29. The van der Waals surface area contributed by atoms with Gasteiger partial charge in [0.1, 0.15) is 6.04 Å². The Kier molecular flexibility index (Phi) is 11.6. The van der Waals surface area contributed by atoms with E-state index in [1.165, 1.54) is 17.0 Å². The van der Waals surface area contributed by atoms with E-state index in [0.717, 1.165) is 10.6 Å². The van der Waals surface area contributed by atoms with Crippen LogP contribution in [0, 0.1) is 0 Å². The van der Waals surface area contributed by atoms with Crippen LogP contribution in [-0.4, -0.2) is 50.5 Å². The smallest absolute Gasteiger partial charge is 0.242 e. The van der Waals surface area contributed by atoms with Crippen LogP contribution < -0.4 is 9.62 Å². The Morgan fingerprint density at radius 2 is 1.64 bits per heavy atom. The summed E-state index contributed by atoms with van der Waals surface area (Å²) >= 11 is 24.4. The van der Waals surface area contributed by atoms with E-state index in [2.05, 4.69) is 5.32 Å². The molecule has 1 N–H and O–H groups in total. The van der Waals surface area contributed by atoms with Crippen molar-refractivity contribution in [2.24, 2.45) is 0 Å². The molecule has 2 amide bonds. The van der Waals surface area contributed by atoms with E-state index in [1.54, 1.807) is 31.2 Å². The quantitative estimate of drug-likeness (QED) is 0.336. The van der Waals surface area contributed by atoms with Crippen LogP contribution in [0.1, 0.15) is 38.7 Å². The second-order valence-corrected chi connectivity index (χ2v) is 11.7. The molecule has 12 heteroatoms. The van der Waals surface area contributed by atoms with E-state index in [0.29, 0.717) is 33.6 Å². The lowest BCUT2D eigenvalue weighted by molar-refractivity contribution is -0.141. The number of carbonyl (C=O) groups excluding carboxylic acids is 2. The van der Waals surface area contributed by atoms with Gasteiger partial charge in [-0.1, -0.05) is 59.4 Å². The monoisotopic (exact) mass is 595 g/mol. The Bertz CT molecular complexity index is 1190. The number of sulfonamides is 1. The highest BCUT2D eigenvalue weighted by Crippen LogP contribution is 2.31. The lowest BCUT2D eigenvalue weighted by atomic mass is 10.1. The second kappa shape index (κ2) is 13.7. The summed E-state index contributed by atoms with van der Waals surface area (Å²) in [5.41, 5.74) is 0.949. The fourth-order valence-corrected chi connectivity index (χ4v) is 5.43. The molecule has 0 saturated heterocycles. The summed E-state index contributed by atoms with van der Waals surface area (Å²) in [7, 11) is -3.70. The van der Waals surface area contributed by atoms with Gasteiger partial charge in [-0.25, -0.2) is 8.42 Å². The minimum atomic E-state index is -3.70. The number of halogens is 4. The minimum Gasteiger partial charge on any atom is -0.355 e. The molecule has 2 aromatic carbocycles. The Morgan fingerprint density at radius 3 is 2.22 bits per heavy atom. The van der Waals surface area contributed by atoms with E-state index < -0.39 is 16.1 Å². The van der Waals surface area contributed by atoms with Gasteiger partial charge in [0, 0.05) is 31.1 Å². The van der Waals surface area contributed by atoms with Crippen LogP contribution in [0.2, 0.25) is 20.1 Å². The number of nitrogens with one attached hydrogen (secondary N) is 1. The molecule has 0 aliphatic rings. The molecule has 0 bridgehead atoms. The van der Waals surface area contributed by atoms with Crippen LogP contribution in [0.3, 0.4) is 0 Å². The third-order valence-corrected chi connectivity index (χ3v) is 7.88. The van der Waals surface area contributed by atoms with Crippen LogP contribution in [0.4, 0.5) is 5.69 Å². The Labute approximate surface area is 232 Å². The first kappa shape index (κ1) is 30.5. The molecule has 7 nitrogen and oxygen atoms in total. The van der Waals surface area contributed by atoms with Crippen molar-refractivity contribution in [3.8, 4) is 0 Å². The molecule has 1 unspecified atom stereocenters. The molecular formula is C24H29Cl4N3O4S. The minimum absolute atomic E-state index is 0.00142. The topological polar surface area (TPSA) is 86.8 Å². The number of amides is 2. The zero-order chi connectivity index (χ0) is 27.0. The number of hydrogen-bond acceptors (Lipinski definition) is 4. The molecular weight excluding hydrogens is 568 g/mol. The largest absolute Gasteiger partial charge is 0.355 e. The maximum atomic E-state index is 13.4. The molecule has 36 heavy (non-hydrogen) atoms. The number of hydrogen-bond donors (Lipinski definition) is 1. The lowest BCUT2D eigenvalue weighted by Crippen LogP contribution is -2.49. The molecule has 198 valence electrons. The first-order valence-corrected chi connectivity index (χ1v) is 14.7. The van der Waals surface area contributed by atoms with Crippen LogP contribution in [0.15, 0.2) is 36.4 Å². The number of carbonyl (C=O) groups is 2. The van der Waals surface area contributed by atoms with Crippen molar-refractivity contribution in [1.82, 2.24) is 10.2 Å². The molecule has 2 rings (SSSR count). The predicted molar refractivity (Wildman–Crippen MR) is 148 cm³/mol. The normalized spacial score (nSPS) is 12.2. The molecule has 0 aliphatic carbocycles. The molecule has 0 aromatic heterocycles. The molecule has 0 aliphatic heterocycles. The number of nitrogens with zero attached hydrogens (tertiary/aromatic N) is 2. The fourth-order valence-electron chi connectivity index (χ4n) is 3.71. The number of likely N-dealkylation sites (N-methyl/N-ethyl adjacent to an activating group) is 1. The van der Waals surface area contributed by atoms with E-state index in [9.17, 15) is 18.0 Å². The molecule has 2 aromatic rings. The standard InChI is InChI=1S/C24H29Cl4N3O4S/c1-4-21(24(33)29-5-2)30(15-16-8-10-18(26)20(28)13-16)23(32)7-6-12-31(36(3,34)35)22-14-17(25)9-11-19(22)27/h8-11,13-14,21H,4-7,12,15H2,1-3H3,(H,29,33). The van der Waals surface area contributed by atoms with Gasteiger partial charge in [-0.05, 0) is 55.7 Å². The highest BCUT2D eigenvalue weighted by molar-refractivity contribution is 7.92.